The summed E-state index contributed by atoms with van der Waals surface area (Å²) in [5.74, 6) is -6.93. The number of aromatic hydroxyl groups is 1. The molecule has 1 fully saturated rings. The predicted octanol–water partition coefficient (Wildman–Crippen LogP) is 5.48. The van der Waals surface area contributed by atoms with E-state index in [9.17, 15) is 39.6 Å². The van der Waals surface area contributed by atoms with Gasteiger partial charge in [0.25, 0.3) is 5.91 Å². The van der Waals surface area contributed by atoms with Gasteiger partial charge in [0.2, 0.25) is 10.9 Å². The molecule has 10 atom stereocenters. The highest BCUT2D eigenvalue weighted by Gasteiger charge is 2.44. The van der Waals surface area contributed by atoms with Gasteiger partial charge in [-0.25, -0.2) is 4.98 Å². The monoisotopic (exact) mass is 940 g/mol. The Morgan fingerprint density at radius 3 is 2.31 bits per heavy atom. The van der Waals surface area contributed by atoms with E-state index in [4.69, 9.17) is 28.3 Å². The molecule has 7 rings (SSSR count). The summed E-state index contributed by atoms with van der Waals surface area (Å²) in [7, 11) is 1.45. The van der Waals surface area contributed by atoms with Crippen LogP contribution in [0.3, 0.4) is 0 Å². The van der Waals surface area contributed by atoms with Crippen LogP contribution >= 0.6 is 0 Å². The van der Waals surface area contributed by atoms with Crippen molar-refractivity contribution in [3.63, 3.8) is 0 Å². The van der Waals surface area contributed by atoms with E-state index >= 15 is 0 Å². The molecule has 366 valence electrons. The van der Waals surface area contributed by atoms with Gasteiger partial charge in [-0.3, -0.25) is 24.1 Å². The molecule has 1 saturated heterocycles. The van der Waals surface area contributed by atoms with Gasteiger partial charge in [-0.05, 0) is 33.3 Å². The first kappa shape index (κ1) is 49.9. The molecule has 0 radical (unpaired) electrons. The van der Waals surface area contributed by atoms with Crippen LogP contribution in [-0.2, 0) is 23.8 Å². The lowest BCUT2D eigenvalue weighted by Gasteiger charge is -2.38. The summed E-state index contributed by atoms with van der Waals surface area (Å²) in [6.45, 7) is 19.8. The van der Waals surface area contributed by atoms with Gasteiger partial charge in [0.15, 0.2) is 22.4 Å². The zero-order chi connectivity index (χ0) is 49.7. The van der Waals surface area contributed by atoms with E-state index in [-0.39, 0.29) is 60.8 Å². The first-order valence-electron chi connectivity index (χ1n) is 23.3. The summed E-state index contributed by atoms with van der Waals surface area (Å²) < 4.78 is 30.6. The molecule has 3 aliphatic heterocycles. The molecule has 4 heterocycles. The Balaban J connectivity index is 1.46. The smallest absolute Gasteiger partial charge is 0.307 e. The average Bonchev–Trinajstić information content (AvgIpc) is 3.58. The van der Waals surface area contributed by atoms with Crippen molar-refractivity contribution in [2.75, 3.05) is 43.5 Å². The van der Waals surface area contributed by atoms with Gasteiger partial charge in [-0.2, -0.15) is 0 Å². The third-order valence-electron chi connectivity index (χ3n) is 14.3. The maximum atomic E-state index is 14.9. The summed E-state index contributed by atoms with van der Waals surface area (Å²) >= 11 is 0. The predicted molar refractivity (Wildman–Crippen MR) is 259 cm³/mol. The van der Waals surface area contributed by atoms with Gasteiger partial charge >= 0.3 is 11.8 Å². The van der Waals surface area contributed by atoms with E-state index in [1.54, 1.807) is 45.9 Å². The molecule has 5 N–H and O–H groups in total. The number of aliphatic hydroxyl groups is 3. The minimum Gasteiger partial charge on any atom is -0.507 e. The summed E-state index contributed by atoms with van der Waals surface area (Å²) in [6, 6.07) is 3.57. The zero-order valence-corrected chi connectivity index (χ0v) is 40.6. The summed E-state index contributed by atoms with van der Waals surface area (Å²) in [5.41, 5.74) is -1.35. The number of aromatic nitrogens is 1. The molecule has 3 aromatic carbocycles. The molecule has 1 amide bonds. The van der Waals surface area contributed by atoms with Crippen LogP contribution in [0.5, 0.6) is 11.5 Å². The Hall–Kier alpha value is -6.01. The lowest BCUT2D eigenvalue weighted by Crippen LogP contribution is -2.49. The van der Waals surface area contributed by atoms with Crippen LogP contribution in [-0.4, -0.2) is 112 Å². The second-order valence-corrected chi connectivity index (χ2v) is 18.8. The standard InChI is InChI=1S/C51H64N4O13/c1-12-26(4)54-17-19-55(20-18-54)32-22-33(57)39-35(23-32)67-48-40(52-39)36-37-44(60)30(8)47-38(36)49(62)51(10,68-47)65-21-16-34(64-11)27(5)46(66-31(9)56)29(7)43(59)28(6)42(58)24(2)14-13-15-25(3)50(63)53-41(48)45(37)61/h13-16,21-24,26-29,34,42-43,46,58-60,62H,12,17-20H2,1-11H3,(H,53,63)/b14-13+,21-16+,25-15-/t24-,26-,27+,28+,29+,34-,42-,43+,46+,51-/m0/s1. The van der Waals surface area contributed by atoms with Crippen molar-refractivity contribution in [1.29, 1.82) is 0 Å². The van der Waals surface area contributed by atoms with Crippen LogP contribution in [0, 0.1) is 30.6 Å². The third kappa shape index (κ3) is 9.04. The van der Waals surface area contributed by atoms with E-state index in [0.29, 0.717) is 24.8 Å². The number of fused-ring (bicyclic) bond motifs is 5. The van der Waals surface area contributed by atoms with Gasteiger partial charge in [0.1, 0.15) is 28.8 Å². The maximum absolute atomic E-state index is 14.9. The minimum atomic E-state index is -1.98. The first-order valence-corrected chi connectivity index (χ1v) is 23.3. The van der Waals surface area contributed by atoms with Crippen molar-refractivity contribution >= 4 is 62.0 Å². The second kappa shape index (κ2) is 19.5. The number of nitrogens with zero attached hydrogens (tertiary/aromatic N) is 3. The van der Waals surface area contributed by atoms with Crippen molar-refractivity contribution in [1.82, 2.24) is 9.88 Å². The Morgan fingerprint density at radius 2 is 1.66 bits per heavy atom. The number of carbonyl (C=O) groups is 2. The molecule has 0 aliphatic carbocycles. The molecule has 5 bridgehead atoms. The number of anilines is 2. The number of ether oxygens (including phenoxy) is 4. The number of hydrogen-bond acceptors (Lipinski definition) is 16. The number of methoxy groups -OCH3 is 1. The SMILES string of the molecule is CC[C@H](C)N1CCN(c2cc(=O)c3nc4c(oc3c2)c2c(=O)c3c(O)c(C)c5c(c34)=C(O)[C@@](C)(O/C=C/[C@H](OC)[C@@H](C)[C@@H](OC(C)=O)[C@H](C)[C@H](O)[C@H](C)[C@@H](O)[C@@H](C)/C=C/C=C(/C)C(=O)N2)O5)CC1. The van der Waals surface area contributed by atoms with Crippen LogP contribution in [0.1, 0.15) is 74.3 Å². The van der Waals surface area contributed by atoms with Crippen molar-refractivity contribution in [2.24, 2.45) is 23.7 Å². The van der Waals surface area contributed by atoms with Crippen LogP contribution < -0.4 is 31.0 Å². The quantitative estimate of drug-likeness (QED) is 0.0948. The lowest BCUT2D eigenvalue weighted by atomic mass is 9.78. The number of aliphatic hydroxyl groups excluding tert-OH is 3. The molecule has 0 unspecified atom stereocenters. The number of carbonyl (C=O) groups excluding carboxylic acids is 2. The molecule has 68 heavy (non-hydrogen) atoms. The summed E-state index contributed by atoms with van der Waals surface area (Å²) in [5, 5.41) is 49.3. The second-order valence-electron chi connectivity index (χ2n) is 18.8. The maximum Gasteiger partial charge on any atom is 0.307 e. The highest BCUT2D eigenvalue weighted by Crippen LogP contribution is 2.42. The Kier molecular flexibility index (Phi) is 14.3. The Labute approximate surface area is 394 Å². The molecular weight excluding hydrogens is 877 g/mol. The zero-order valence-electron chi connectivity index (χ0n) is 40.6. The van der Waals surface area contributed by atoms with E-state index in [2.05, 4.69) is 29.0 Å². The minimum absolute atomic E-state index is 0.0388. The van der Waals surface area contributed by atoms with Gasteiger partial charge in [-0.15, -0.1) is 0 Å². The van der Waals surface area contributed by atoms with E-state index in [1.165, 1.54) is 59.3 Å². The van der Waals surface area contributed by atoms with Crippen LogP contribution in [0.4, 0.5) is 11.4 Å². The van der Waals surface area contributed by atoms with E-state index in [1.807, 2.05) is 0 Å². The topological polar surface area (TPSA) is 231 Å². The fraction of sp³-hybridized carbons (Fsp3) is 0.510. The van der Waals surface area contributed by atoms with Crippen molar-refractivity contribution in [3.05, 3.63) is 79.5 Å². The van der Waals surface area contributed by atoms with Gasteiger partial charge in [0.05, 0.1) is 35.2 Å². The highest BCUT2D eigenvalue weighted by atomic mass is 16.7. The van der Waals surface area contributed by atoms with Crippen LogP contribution in [0.25, 0.3) is 38.7 Å². The van der Waals surface area contributed by atoms with Gasteiger partial charge < -0.3 is 54.0 Å². The Bertz CT molecular complexity index is 2900. The normalized spacial score (nSPS) is 29.9. The van der Waals surface area contributed by atoms with Crippen molar-refractivity contribution < 1.29 is 53.4 Å². The molecule has 17 heteroatoms. The summed E-state index contributed by atoms with van der Waals surface area (Å²) in [4.78, 5) is 64.7. The fourth-order valence-corrected chi connectivity index (χ4v) is 9.74. The van der Waals surface area contributed by atoms with E-state index in [0.717, 1.165) is 19.5 Å². The number of benzene rings is 3. The third-order valence-corrected chi connectivity index (χ3v) is 14.3. The van der Waals surface area contributed by atoms with E-state index < -0.39 is 88.1 Å². The van der Waals surface area contributed by atoms with Crippen LogP contribution in [0.2, 0.25) is 0 Å². The number of piperazine rings is 1. The molecule has 3 aliphatic rings. The molecule has 4 aromatic rings. The molecule has 1 aromatic heterocycles. The molecule has 17 nitrogen and oxygen atoms in total. The largest absolute Gasteiger partial charge is 0.507 e. The number of rotatable bonds is 5. The molecule has 0 saturated carbocycles. The number of allylic oxidation sites excluding steroid dienone is 2. The first-order chi connectivity index (χ1) is 32.1. The van der Waals surface area contributed by atoms with Gasteiger partial charge in [-0.1, -0.05) is 52.8 Å². The van der Waals surface area contributed by atoms with Crippen molar-refractivity contribution in [2.45, 2.75) is 112 Å². The number of amides is 1. The lowest BCUT2D eigenvalue weighted by molar-refractivity contribution is -0.160. The number of phenolic OH excluding ortho intramolecular Hbond substituents is 1. The number of phenols is 1. The van der Waals surface area contributed by atoms with Crippen LogP contribution in [0.15, 0.2) is 62.3 Å². The molecule has 0 spiro atoms. The van der Waals surface area contributed by atoms with Gasteiger partial charge in [0, 0.05) is 111 Å². The summed E-state index contributed by atoms with van der Waals surface area (Å²) in [6.07, 6.45) is 4.58. The fourth-order valence-electron chi connectivity index (χ4n) is 9.74. The Morgan fingerprint density at radius 1 is 0.971 bits per heavy atom. The highest BCUT2D eigenvalue weighted by molar-refractivity contribution is 6.16. The number of esters is 1. The molecular formula is C51H64N4O13. The number of nitrogens with one attached hydrogen (secondary N) is 1. The van der Waals surface area contributed by atoms with Crippen molar-refractivity contribution in [3.8, 4) is 11.5 Å². The average molecular weight is 941 g/mol. The number of hydrogen-bond donors (Lipinski definition) is 5.